The molecule has 1 heteroatoms. The van der Waals surface area contributed by atoms with E-state index in [0.717, 1.165) is 17.9 Å². The molecule has 0 aliphatic heterocycles. The van der Waals surface area contributed by atoms with Crippen LogP contribution in [0.2, 0.25) is 0 Å². The molecule has 6 aliphatic rings. The third kappa shape index (κ3) is 0.638. The van der Waals surface area contributed by atoms with Crippen LogP contribution in [-0.4, -0.2) is 12.6 Å². The molecule has 6 bridgehead atoms. The summed E-state index contributed by atoms with van der Waals surface area (Å²) in [5, 5.41) is 3.91. The van der Waals surface area contributed by atoms with E-state index in [1.165, 1.54) is 48.5 Å². The van der Waals surface area contributed by atoms with E-state index in [1.807, 2.05) is 0 Å². The highest BCUT2D eigenvalue weighted by molar-refractivity contribution is 5.29. The zero-order valence-electron chi connectivity index (χ0n) is 9.52. The van der Waals surface area contributed by atoms with E-state index in [1.54, 1.807) is 12.8 Å². The molecule has 1 N–H and O–H groups in total. The highest BCUT2D eigenvalue weighted by Crippen LogP contribution is 2.82. The third-order valence-corrected chi connectivity index (χ3v) is 6.95. The van der Waals surface area contributed by atoms with Gasteiger partial charge in [0.15, 0.2) is 0 Å². The molecule has 0 heterocycles. The Balaban J connectivity index is 1.55. The molecule has 0 spiro atoms. The summed E-state index contributed by atoms with van der Waals surface area (Å²) in [6.45, 7) is 3.57. The van der Waals surface area contributed by atoms with Crippen molar-refractivity contribution in [2.45, 2.75) is 32.2 Å². The topological polar surface area (TPSA) is 12.0 Å². The van der Waals surface area contributed by atoms with E-state index in [9.17, 15) is 0 Å². The molecule has 0 saturated heterocycles. The highest BCUT2D eigenvalue weighted by Gasteiger charge is 2.79. The SMILES string of the molecule is CCCNC1[C@@H]2[C@@H]3C[C@@H]4[C@@H]5C[C@H]([C@H]1[C@H]53)[C@@H]42. The lowest BCUT2D eigenvalue weighted by molar-refractivity contribution is 0.132. The lowest BCUT2D eigenvalue weighted by Crippen LogP contribution is -2.35. The van der Waals surface area contributed by atoms with E-state index in [2.05, 4.69) is 12.2 Å². The number of nitrogens with one attached hydrogen (secondary N) is 1. The molecule has 6 rings (SSSR count). The van der Waals surface area contributed by atoms with Crippen molar-refractivity contribution < 1.29 is 0 Å². The van der Waals surface area contributed by atoms with Gasteiger partial charge in [-0.1, -0.05) is 6.92 Å². The van der Waals surface area contributed by atoms with Crippen LogP contribution in [0.5, 0.6) is 0 Å². The van der Waals surface area contributed by atoms with Crippen LogP contribution in [0.1, 0.15) is 26.2 Å². The first-order valence-electron chi connectivity index (χ1n) is 7.15. The van der Waals surface area contributed by atoms with Gasteiger partial charge in [-0.25, -0.2) is 0 Å². The lowest BCUT2D eigenvalue weighted by Gasteiger charge is -2.33. The molecule has 1 unspecified atom stereocenters. The molecule has 0 aromatic carbocycles. The molecule has 82 valence electrons. The third-order valence-electron chi connectivity index (χ3n) is 6.95. The van der Waals surface area contributed by atoms with Gasteiger partial charge in [0.05, 0.1) is 0 Å². The van der Waals surface area contributed by atoms with Crippen molar-refractivity contribution in [3.8, 4) is 0 Å². The Kier molecular flexibility index (Phi) is 1.24. The summed E-state index contributed by atoms with van der Waals surface area (Å²) in [6, 6.07) is 0.965. The number of hydrogen-bond acceptors (Lipinski definition) is 1. The first-order chi connectivity index (χ1) is 7.42. The summed E-state index contributed by atoms with van der Waals surface area (Å²) in [4.78, 5) is 0. The number of rotatable bonds is 3. The molecular formula is C14H21N. The quantitative estimate of drug-likeness (QED) is 0.741. The van der Waals surface area contributed by atoms with Crippen LogP contribution < -0.4 is 5.32 Å². The molecule has 1 nitrogen and oxygen atoms in total. The Hall–Kier alpha value is -0.0400. The standard InChI is InChI=1S/C14H21N/c1-2-3-15-14-12-8-4-6-7-5-9(10(6)12)13(14)11(7)8/h6-15H,2-5H2,1H3/t6-,7+,8-,9+,10-,11-,12-,13+,14?/m1/s1. The summed E-state index contributed by atoms with van der Waals surface area (Å²) in [6.07, 6.45) is 4.59. The van der Waals surface area contributed by atoms with Gasteiger partial charge in [-0.05, 0) is 73.2 Å². The van der Waals surface area contributed by atoms with Crippen LogP contribution in [0.4, 0.5) is 0 Å². The molecule has 6 aliphatic carbocycles. The smallest absolute Gasteiger partial charge is 0.0135 e. The average Bonchev–Trinajstić information content (AvgIpc) is 2.91. The minimum atomic E-state index is 0.965. The van der Waals surface area contributed by atoms with Crippen molar-refractivity contribution in [3.63, 3.8) is 0 Å². The second-order valence-electron chi connectivity index (χ2n) is 6.92. The highest BCUT2D eigenvalue weighted by atomic mass is 15.0. The fraction of sp³-hybridized carbons (Fsp3) is 1.00. The summed E-state index contributed by atoms with van der Waals surface area (Å²) in [5.41, 5.74) is 0. The largest absolute Gasteiger partial charge is 0.313 e. The van der Waals surface area contributed by atoms with Gasteiger partial charge in [-0.15, -0.1) is 0 Å². The Morgan fingerprint density at radius 1 is 0.867 bits per heavy atom. The fourth-order valence-corrected chi connectivity index (χ4v) is 7.20. The Labute approximate surface area is 92.0 Å². The van der Waals surface area contributed by atoms with Crippen LogP contribution in [0.15, 0.2) is 0 Å². The van der Waals surface area contributed by atoms with Crippen molar-refractivity contribution in [3.05, 3.63) is 0 Å². The second-order valence-corrected chi connectivity index (χ2v) is 6.92. The lowest BCUT2D eigenvalue weighted by atomic mass is 9.71. The van der Waals surface area contributed by atoms with E-state index in [0.29, 0.717) is 0 Å². The molecule has 0 amide bonds. The maximum Gasteiger partial charge on any atom is 0.0135 e. The zero-order chi connectivity index (χ0) is 9.73. The zero-order valence-corrected chi connectivity index (χ0v) is 9.52. The summed E-state index contributed by atoms with van der Waals surface area (Å²) in [7, 11) is 0. The van der Waals surface area contributed by atoms with Gasteiger partial charge in [-0.2, -0.15) is 0 Å². The molecule has 0 radical (unpaired) electrons. The summed E-state index contributed by atoms with van der Waals surface area (Å²) in [5.74, 6) is 9.46. The van der Waals surface area contributed by atoms with Gasteiger partial charge in [-0.3, -0.25) is 0 Å². The maximum absolute atomic E-state index is 3.91. The number of hydrogen-bond donors (Lipinski definition) is 1. The Morgan fingerprint density at radius 2 is 1.47 bits per heavy atom. The first-order valence-corrected chi connectivity index (χ1v) is 7.15. The summed E-state index contributed by atoms with van der Waals surface area (Å²) >= 11 is 0. The van der Waals surface area contributed by atoms with Crippen molar-refractivity contribution in [2.75, 3.05) is 6.54 Å². The van der Waals surface area contributed by atoms with E-state index in [4.69, 9.17) is 0 Å². The normalized spacial score (nSPS) is 70.6. The predicted molar refractivity (Wildman–Crippen MR) is 59.2 cm³/mol. The van der Waals surface area contributed by atoms with Crippen molar-refractivity contribution in [2.24, 2.45) is 47.3 Å². The van der Waals surface area contributed by atoms with Crippen molar-refractivity contribution in [1.29, 1.82) is 0 Å². The molecule has 6 saturated carbocycles. The monoisotopic (exact) mass is 203 g/mol. The van der Waals surface area contributed by atoms with E-state index < -0.39 is 0 Å². The van der Waals surface area contributed by atoms with Crippen molar-refractivity contribution in [1.82, 2.24) is 5.32 Å². The van der Waals surface area contributed by atoms with Crippen LogP contribution in [0, 0.1) is 47.3 Å². The van der Waals surface area contributed by atoms with Gasteiger partial charge in [0, 0.05) is 6.04 Å². The van der Waals surface area contributed by atoms with Gasteiger partial charge in [0.25, 0.3) is 0 Å². The van der Waals surface area contributed by atoms with Gasteiger partial charge >= 0.3 is 0 Å². The van der Waals surface area contributed by atoms with Gasteiger partial charge < -0.3 is 5.32 Å². The van der Waals surface area contributed by atoms with Crippen LogP contribution in [0.3, 0.4) is 0 Å². The molecule has 9 atom stereocenters. The minimum absolute atomic E-state index is 0.965. The minimum Gasteiger partial charge on any atom is -0.313 e. The molecule has 0 aromatic heterocycles. The fourth-order valence-electron chi connectivity index (χ4n) is 7.20. The molecule has 6 fully saturated rings. The van der Waals surface area contributed by atoms with Crippen LogP contribution >= 0.6 is 0 Å². The van der Waals surface area contributed by atoms with E-state index in [-0.39, 0.29) is 0 Å². The van der Waals surface area contributed by atoms with Crippen LogP contribution in [0.25, 0.3) is 0 Å². The molecule has 15 heavy (non-hydrogen) atoms. The summed E-state index contributed by atoms with van der Waals surface area (Å²) < 4.78 is 0. The second kappa shape index (κ2) is 2.30. The van der Waals surface area contributed by atoms with Gasteiger partial charge in [0.1, 0.15) is 0 Å². The molecular weight excluding hydrogens is 182 g/mol. The van der Waals surface area contributed by atoms with Crippen LogP contribution in [-0.2, 0) is 0 Å². The Bertz CT molecular complexity index is 297. The van der Waals surface area contributed by atoms with Crippen molar-refractivity contribution >= 4 is 0 Å². The van der Waals surface area contributed by atoms with E-state index >= 15 is 0 Å². The Morgan fingerprint density at radius 3 is 2.00 bits per heavy atom. The average molecular weight is 203 g/mol. The predicted octanol–water partition coefficient (Wildman–Crippen LogP) is 2.13. The first kappa shape index (κ1) is 8.11. The maximum atomic E-state index is 3.91. The van der Waals surface area contributed by atoms with Gasteiger partial charge in [0.2, 0.25) is 0 Å². The molecule has 0 aromatic rings.